The number of fused-ring (bicyclic) bond motifs is 2. The Kier molecular flexibility index (Phi) is 6.91. The van der Waals surface area contributed by atoms with Crippen molar-refractivity contribution in [1.29, 1.82) is 0 Å². The zero-order valence-corrected chi connectivity index (χ0v) is 20.7. The summed E-state index contributed by atoms with van der Waals surface area (Å²) >= 11 is 6.84. The van der Waals surface area contributed by atoms with Gasteiger partial charge in [0, 0.05) is 52.2 Å². The van der Waals surface area contributed by atoms with Crippen LogP contribution in [0.3, 0.4) is 0 Å². The Morgan fingerprint density at radius 3 is 2.56 bits per heavy atom. The molecule has 0 saturated carbocycles. The number of Topliss-reactive ketones (excluding diaryl/α,β-unsaturated/α-hetero) is 1. The normalized spacial score (nSPS) is 15.9. The van der Waals surface area contributed by atoms with Crippen molar-refractivity contribution in [2.75, 3.05) is 23.3 Å². The first-order chi connectivity index (χ1) is 15.4. The van der Waals surface area contributed by atoms with Crippen LogP contribution in [0.4, 0.5) is 11.4 Å². The molecule has 5 rings (SSSR count). The summed E-state index contributed by atoms with van der Waals surface area (Å²) in [6.07, 6.45) is 7.15. The van der Waals surface area contributed by atoms with Crippen molar-refractivity contribution in [3.8, 4) is 0 Å². The number of nitrogens with one attached hydrogen (secondary N) is 2. The number of carbonyl (C=O) groups excluding carboxylic acids is 2. The van der Waals surface area contributed by atoms with Gasteiger partial charge in [-0.2, -0.15) is 0 Å². The van der Waals surface area contributed by atoms with Gasteiger partial charge in [0.1, 0.15) is 0 Å². The fourth-order valence-corrected chi connectivity index (χ4v) is 4.57. The first-order valence-electron chi connectivity index (χ1n) is 10.3. The quantitative estimate of drug-likeness (QED) is 0.389. The Labute approximate surface area is 203 Å². The van der Waals surface area contributed by atoms with E-state index >= 15 is 0 Å². The predicted octanol–water partition coefficient (Wildman–Crippen LogP) is 5.92. The number of amides is 1. The van der Waals surface area contributed by atoms with Gasteiger partial charge in [0.05, 0.1) is 23.9 Å². The van der Waals surface area contributed by atoms with Gasteiger partial charge < -0.3 is 15.2 Å². The van der Waals surface area contributed by atoms with E-state index in [1.807, 2.05) is 12.3 Å². The summed E-state index contributed by atoms with van der Waals surface area (Å²) in [6.45, 7) is 2.99. The highest BCUT2D eigenvalue weighted by molar-refractivity contribution is 9.10. The molecule has 0 saturated heterocycles. The molecule has 0 atom stereocenters. The lowest BCUT2D eigenvalue weighted by molar-refractivity contribution is -0.116. The van der Waals surface area contributed by atoms with Crippen LogP contribution in [-0.4, -0.2) is 34.7 Å². The van der Waals surface area contributed by atoms with Crippen LogP contribution in [0.2, 0.25) is 0 Å². The number of hydrogen-bond donors (Lipinski definition) is 2. The third-order valence-corrected chi connectivity index (χ3v) is 6.37. The number of benzene rings is 2. The van der Waals surface area contributed by atoms with Crippen LogP contribution in [0.25, 0.3) is 11.6 Å². The number of nitrogens with zero attached hydrogens (tertiary/aromatic N) is 2. The highest BCUT2D eigenvalue weighted by atomic mass is 79.9. The Morgan fingerprint density at radius 1 is 1.09 bits per heavy atom. The number of H-pyrrole nitrogens is 1. The van der Waals surface area contributed by atoms with E-state index in [1.165, 1.54) is 23.7 Å². The average Bonchev–Trinajstić information content (AvgIpc) is 3.28. The lowest BCUT2D eigenvalue weighted by atomic mass is 9.96. The second-order valence-electron chi connectivity index (χ2n) is 7.55. The predicted molar refractivity (Wildman–Crippen MR) is 135 cm³/mol. The van der Waals surface area contributed by atoms with Crippen LogP contribution in [0.5, 0.6) is 0 Å². The largest absolute Gasteiger partial charge is 0.384 e. The van der Waals surface area contributed by atoms with Gasteiger partial charge in [-0.25, -0.2) is 4.98 Å². The first kappa shape index (κ1) is 22.5. The first-order valence-corrected chi connectivity index (χ1v) is 11.8. The third-order valence-electron chi connectivity index (χ3n) is 5.38. The minimum Gasteiger partial charge on any atom is -0.384 e. The van der Waals surface area contributed by atoms with Crippen molar-refractivity contribution in [3.05, 3.63) is 74.7 Å². The second kappa shape index (κ2) is 9.83. The van der Waals surface area contributed by atoms with Crippen molar-refractivity contribution in [2.24, 2.45) is 0 Å². The number of aromatic amines is 1. The highest BCUT2D eigenvalue weighted by Gasteiger charge is 2.25. The third kappa shape index (κ3) is 5.02. The molecule has 2 N–H and O–H groups in total. The lowest BCUT2D eigenvalue weighted by Crippen LogP contribution is -2.35. The molecule has 0 unspecified atom stereocenters. The molecule has 2 aliphatic heterocycles. The summed E-state index contributed by atoms with van der Waals surface area (Å²) in [5.41, 5.74) is 6.20. The van der Waals surface area contributed by atoms with Crippen molar-refractivity contribution >= 4 is 66.6 Å². The molecule has 2 aromatic carbocycles. The maximum absolute atomic E-state index is 11.6. The summed E-state index contributed by atoms with van der Waals surface area (Å²) in [4.78, 5) is 31.8. The molecule has 164 valence electrons. The fraction of sp³-hybridized carbons (Fsp3) is 0.208. The molecule has 3 heterocycles. The van der Waals surface area contributed by atoms with Gasteiger partial charge in [0.2, 0.25) is 5.91 Å². The zero-order chi connectivity index (χ0) is 22.7. The summed E-state index contributed by atoms with van der Waals surface area (Å²) in [5, 5.41) is 3.41. The topological polar surface area (TPSA) is 78.1 Å². The minimum atomic E-state index is -0.0222. The van der Waals surface area contributed by atoms with Crippen LogP contribution in [0.1, 0.15) is 41.4 Å². The molecule has 32 heavy (non-hydrogen) atoms. The van der Waals surface area contributed by atoms with Crippen LogP contribution in [-0.2, 0) is 4.79 Å². The van der Waals surface area contributed by atoms with E-state index in [0.717, 1.165) is 33.3 Å². The molecule has 1 amide bonds. The van der Waals surface area contributed by atoms with E-state index in [-0.39, 0.29) is 11.7 Å². The van der Waals surface area contributed by atoms with E-state index in [2.05, 4.69) is 71.4 Å². The Hall–Kier alpha value is -2.71. The smallest absolute Gasteiger partial charge is 0.223 e. The molecular formula is C24H22Br2N4O2. The lowest BCUT2D eigenvalue weighted by Gasteiger charge is -2.27. The summed E-state index contributed by atoms with van der Waals surface area (Å²) in [6, 6.07) is 11.7. The van der Waals surface area contributed by atoms with Gasteiger partial charge in [0.25, 0.3) is 0 Å². The maximum atomic E-state index is 11.6. The molecule has 1 aromatic heterocycles. The number of aromatic nitrogens is 2. The monoisotopic (exact) mass is 556 g/mol. The minimum absolute atomic E-state index is 0.0222. The summed E-state index contributed by atoms with van der Waals surface area (Å²) < 4.78 is 1.97. The van der Waals surface area contributed by atoms with Crippen molar-refractivity contribution in [2.45, 2.75) is 19.8 Å². The number of rotatable bonds is 1. The Bertz CT molecular complexity index is 1190. The molecule has 8 heteroatoms. The maximum Gasteiger partial charge on any atom is 0.223 e. The SMILES string of the molecule is Brc1ccc2c(c1)/C(=C/c1cnc[nH]1)CCN2.CC(=O)N1CCC(=O)c2cc(Br)ccc21. The molecule has 2 aliphatic rings. The van der Waals surface area contributed by atoms with Gasteiger partial charge in [0.15, 0.2) is 5.78 Å². The molecule has 0 bridgehead atoms. The van der Waals surface area contributed by atoms with E-state index in [4.69, 9.17) is 0 Å². The van der Waals surface area contributed by atoms with Gasteiger partial charge >= 0.3 is 0 Å². The molecule has 6 nitrogen and oxygen atoms in total. The Morgan fingerprint density at radius 2 is 1.84 bits per heavy atom. The average molecular weight is 558 g/mol. The molecule has 0 aliphatic carbocycles. The Balaban J connectivity index is 0.000000155. The molecular weight excluding hydrogens is 536 g/mol. The number of carbonyl (C=O) groups is 2. The molecule has 0 fully saturated rings. The van der Waals surface area contributed by atoms with Gasteiger partial charge in [-0.1, -0.05) is 31.9 Å². The van der Waals surface area contributed by atoms with Crippen LogP contribution >= 0.6 is 31.9 Å². The second-order valence-corrected chi connectivity index (χ2v) is 9.38. The van der Waals surface area contributed by atoms with Crippen molar-refractivity contribution in [3.63, 3.8) is 0 Å². The number of halogens is 2. The number of ketones is 1. The number of imidazole rings is 1. The highest BCUT2D eigenvalue weighted by Crippen LogP contribution is 2.34. The molecule has 3 aromatic rings. The van der Waals surface area contributed by atoms with Crippen LogP contribution in [0, 0.1) is 0 Å². The zero-order valence-electron chi connectivity index (χ0n) is 17.5. The molecule has 0 radical (unpaired) electrons. The summed E-state index contributed by atoms with van der Waals surface area (Å²) in [7, 11) is 0. The van der Waals surface area contributed by atoms with Crippen molar-refractivity contribution in [1.82, 2.24) is 9.97 Å². The van der Waals surface area contributed by atoms with E-state index in [1.54, 1.807) is 23.4 Å². The van der Waals surface area contributed by atoms with Crippen LogP contribution < -0.4 is 10.2 Å². The van der Waals surface area contributed by atoms with Gasteiger partial charge in [-0.15, -0.1) is 0 Å². The van der Waals surface area contributed by atoms with E-state index in [9.17, 15) is 9.59 Å². The van der Waals surface area contributed by atoms with E-state index in [0.29, 0.717) is 18.5 Å². The van der Waals surface area contributed by atoms with Crippen molar-refractivity contribution < 1.29 is 9.59 Å². The summed E-state index contributed by atoms with van der Waals surface area (Å²) in [5.74, 6) is 0.0786. The van der Waals surface area contributed by atoms with Gasteiger partial charge in [-0.05, 0) is 54.5 Å². The van der Waals surface area contributed by atoms with Gasteiger partial charge in [-0.3, -0.25) is 9.59 Å². The number of anilines is 2. The van der Waals surface area contributed by atoms with Crippen LogP contribution in [0.15, 0.2) is 57.9 Å². The fourth-order valence-electron chi connectivity index (χ4n) is 3.85. The number of hydrogen-bond acceptors (Lipinski definition) is 4. The molecule has 0 spiro atoms. The standard InChI is InChI=1S/C13H12BrN3.C11H10BrNO2/c14-10-1-2-13-12(6-10)9(3-4-16-13)5-11-7-15-8-17-11;1-7(14)13-5-4-11(15)9-6-8(12)2-3-10(9)13/h1-2,5-8,16H,3-4H2,(H,15,17);2-3,6H,4-5H2,1H3/b9-5+;. The van der Waals surface area contributed by atoms with E-state index < -0.39 is 0 Å².